The first-order valence-electron chi connectivity index (χ1n) is 5.51. The Kier molecular flexibility index (Phi) is 3.99. The normalized spacial score (nSPS) is 10.1. The minimum absolute atomic E-state index is 0.105. The molecule has 1 heterocycles. The van der Waals surface area contributed by atoms with Gasteiger partial charge in [0.1, 0.15) is 11.5 Å². The van der Waals surface area contributed by atoms with E-state index < -0.39 is 0 Å². The van der Waals surface area contributed by atoms with Gasteiger partial charge in [-0.05, 0) is 17.7 Å². The largest absolute Gasteiger partial charge is 0.497 e. The molecule has 2 aromatic rings. The molecule has 1 aromatic carbocycles. The predicted molar refractivity (Wildman–Crippen MR) is 71.9 cm³/mol. The van der Waals surface area contributed by atoms with E-state index in [0.717, 1.165) is 21.9 Å². The van der Waals surface area contributed by atoms with Crippen molar-refractivity contribution in [2.24, 2.45) is 0 Å². The lowest BCUT2D eigenvalue weighted by Gasteiger charge is -2.02. The van der Waals surface area contributed by atoms with Crippen LogP contribution in [0.4, 0.5) is 0 Å². The number of carbonyl (C=O) groups excluding carboxylic acids is 1. The fourth-order valence-corrected chi connectivity index (χ4v) is 2.38. The molecule has 18 heavy (non-hydrogen) atoms. The van der Waals surface area contributed by atoms with Crippen LogP contribution in [-0.2, 0) is 6.42 Å². The van der Waals surface area contributed by atoms with Gasteiger partial charge in [0.05, 0.1) is 19.1 Å². The van der Waals surface area contributed by atoms with E-state index in [1.807, 2.05) is 29.6 Å². The standard InChI is InChI=1S/C14H14O3S/c1-16-11-5-3-10(4-6-11)7-13(15)14-8-12(17-2)9-18-14/h3-6,8-9H,7H2,1-2H3. The molecule has 0 saturated carbocycles. The Hall–Kier alpha value is -1.81. The van der Waals surface area contributed by atoms with E-state index in [-0.39, 0.29) is 5.78 Å². The molecule has 0 N–H and O–H groups in total. The topological polar surface area (TPSA) is 35.5 Å². The van der Waals surface area contributed by atoms with Crippen LogP contribution in [-0.4, -0.2) is 20.0 Å². The number of hydrogen-bond acceptors (Lipinski definition) is 4. The Labute approximate surface area is 110 Å². The van der Waals surface area contributed by atoms with Crippen LogP contribution < -0.4 is 9.47 Å². The van der Waals surface area contributed by atoms with Gasteiger partial charge >= 0.3 is 0 Å². The summed E-state index contributed by atoms with van der Waals surface area (Å²) in [6.45, 7) is 0. The minimum Gasteiger partial charge on any atom is -0.497 e. The van der Waals surface area contributed by atoms with Gasteiger partial charge in [-0.2, -0.15) is 0 Å². The minimum atomic E-state index is 0.105. The number of thiophene rings is 1. The van der Waals surface area contributed by atoms with Crippen molar-refractivity contribution in [1.82, 2.24) is 0 Å². The van der Waals surface area contributed by atoms with Crippen molar-refractivity contribution in [2.45, 2.75) is 6.42 Å². The second kappa shape index (κ2) is 5.69. The van der Waals surface area contributed by atoms with E-state index in [1.165, 1.54) is 11.3 Å². The number of ketones is 1. The summed E-state index contributed by atoms with van der Waals surface area (Å²) in [6, 6.07) is 9.30. The van der Waals surface area contributed by atoms with E-state index in [1.54, 1.807) is 20.3 Å². The molecule has 0 amide bonds. The summed E-state index contributed by atoms with van der Waals surface area (Å²) in [7, 11) is 3.22. The van der Waals surface area contributed by atoms with E-state index >= 15 is 0 Å². The van der Waals surface area contributed by atoms with Gasteiger partial charge in [0.15, 0.2) is 5.78 Å². The number of carbonyl (C=O) groups is 1. The van der Waals surface area contributed by atoms with Crippen molar-refractivity contribution in [3.63, 3.8) is 0 Å². The lowest BCUT2D eigenvalue weighted by molar-refractivity contribution is 0.0996. The van der Waals surface area contributed by atoms with Crippen molar-refractivity contribution >= 4 is 17.1 Å². The zero-order valence-electron chi connectivity index (χ0n) is 10.3. The van der Waals surface area contributed by atoms with Crippen LogP contribution in [0.1, 0.15) is 15.2 Å². The molecule has 0 radical (unpaired) electrons. The highest BCUT2D eigenvalue weighted by molar-refractivity contribution is 7.12. The smallest absolute Gasteiger partial charge is 0.177 e. The molecule has 1 aromatic heterocycles. The summed E-state index contributed by atoms with van der Waals surface area (Å²) in [4.78, 5) is 12.7. The lowest BCUT2D eigenvalue weighted by atomic mass is 10.1. The zero-order chi connectivity index (χ0) is 13.0. The van der Waals surface area contributed by atoms with Crippen molar-refractivity contribution in [3.8, 4) is 11.5 Å². The number of hydrogen-bond donors (Lipinski definition) is 0. The van der Waals surface area contributed by atoms with Gasteiger partial charge in [-0.25, -0.2) is 0 Å². The van der Waals surface area contributed by atoms with E-state index in [4.69, 9.17) is 9.47 Å². The third kappa shape index (κ3) is 2.90. The Balaban J connectivity index is 2.06. The predicted octanol–water partition coefficient (Wildman–Crippen LogP) is 3.19. The van der Waals surface area contributed by atoms with E-state index in [0.29, 0.717) is 6.42 Å². The summed E-state index contributed by atoms with van der Waals surface area (Å²) in [6.07, 6.45) is 0.396. The third-order valence-corrected chi connectivity index (χ3v) is 3.56. The number of benzene rings is 1. The van der Waals surface area contributed by atoms with Crippen LogP contribution in [0.15, 0.2) is 35.7 Å². The van der Waals surface area contributed by atoms with Crippen molar-refractivity contribution in [2.75, 3.05) is 14.2 Å². The number of Topliss-reactive ketones (excluding diaryl/α,β-unsaturated/α-hetero) is 1. The molecule has 0 saturated heterocycles. The number of ether oxygens (including phenoxy) is 2. The first-order valence-corrected chi connectivity index (χ1v) is 6.39. The molecule has 94 valence electrons. The Morgan fingerprint density at radius 2 is 1.78 bits per heavy atom. The second-order valence-corrected chi connectivity index (χ2v) is 4.71. The molecular weight excluding hydrogens is 248 g/mol. The quantitative estimate of drug-likeness (QED) is 0.776. The molecule has 0 bridgehead atoms. The molecule has 0 spiro atoms. The molecule has 0 aliphatic heterocycles. The Bertz CT molecular complexity index is 528. The highest BCUT2D eigenvalue weighted by Crippen LogP contribution is 2.23. The molecule has 0 fully saturated rings. The van der Waals surface area contributed by atoms with Crippen LogP contribution in [0.25, 0.3) is 0 Å². The molecule has 2 rings (SSSR count). The summed E-state index contributed by atoms with van der Waals surface area (Å²) >= 11 is 1.41. The first-order chi connectivity index (χ1) is 8.72. The number of methoxy groups -OCH3 is 2. The average molecular weight is 262 g/mol. The van der Waals surface area contributed by atoms with Crippen molar-refractivity contribution in [1.29, 1.82) is 0 Å². The monoisotopic (exact) mass is 262 g/mol. The molecule has 0 aliphatic carbocycles. The van der Waals surface area contributed by atoms with Gasteiger partial charge in [0.2, 0.25) is 0 Å². The van der Waals surface area contributed by atoms with Crippen LogP contribution in [0.2, 0.25) is 0 Å². The van der Waals surface area contributed by atoms with Gasteiger partial charge in [0.25, 0.3) is 0 Å². The van der Waals surface area contributed by atoms with E-state index in [9.17, 15) is 4.79 Å². The summed E-state index contributed by atoms with van der Waals surface area (Å²) < 4.78 is 10.1. The van der Waals surface area contributed by atoms with Crippen LogP contribution in [0, 0.1) is 0 Å². The fraction of sp³-hybridized carbons (Fsp3) is 0.214. The Morgan fingerprint density at radius 3 is 2.33 bits per heavy atom. The molecule has 0 unspecified atom stereocenters. The van der Waals surface area contributed by atoms with Gasteiger partial charge in [-0.1, -0.05) is 12.1 Å². The summed E-state index contributed by atoms with van der Waals surface area (Å²) in [5.41, 5.74) is 0.980. The molecule has 4 heteroatoms. The summed E-state index contributed by atoms with van der Waals surface area (Å²) in [5.74, 6) is 1.63. The third-order valence-electron chi connectivity index (χ3n) is 2.61. The molecule has 0 atom stereocenters. The average Bonchev–Trinajstić information content (AvgIpc) is 2.88. The SMILES string of the molecule is COc1ccc(CC(=O)c2cc(OC)cs2)cc1. The maximum Gasteiger partial charge on any atom is 0.177 e. The van der Waals surface area contributed by atoms with Gasteiger partial charge in [-0.3, -0.25) is 4.79 Å². The Morgan fingerprint density at radius 1 is 1.11 bits per heavy atom. The van der Waals surface area contributed by atoms with E-state index in [2.05, 4.69) is 0 Å². The van der Waals surface area contributed by atoms with Gasteiger partial charge in [-0.15, -0.1) is 11.3 Å². The highest BCUT2D eigenvalue weighted by atomic mass is 32.1. The second-order valence-electron chi connectivity index (χ2n) is 3.80. The zero-order valence-corrected chi connectivity index (χ0v) is 11.1. The van der Waals surface area contributed by atoms with Crippen LogP contribution in [0.5, 0.6) is 11.5 Å². The lowest BCUT2D eigenvalue weighted by Crippen LogP contribution is -2.01. The first kappa shape index (κ1) is 12.6. The van der Waals surface area contributed by atoms with Crippen molar-refractivity contribution < 1.29 is 14.3 Å². The van der Waals surface area contributed by atoms with Gasteiger partial charge in [0, 0.05) is 17.9 Å². The van der Waals surface area contributed by atoms with Gasteiger partial charge < -0.3 is 9.47 Å². The summed E-state index contributed by atoms with van der Waals surface area (Å²) in [5, 5.41) is 1.83. The maximum absolute atomic E-state index is 12.0. The van der Waals surface area contributed by atoms with Crippen molar-refractivity contribution in [3.05, 3.63) is 46.2 Å². The highest BCUT2D eigenvalue weighted by Gasteiger charge is 2.10. The molecule has 3 nitrogen and oxygen atoms in total. The fourth-order valence-electron chi connectivity index (χ4n) is 1.59. The maximum atomic E-state index is 12.0. The number of rotatable bonds is 5. The van der Waals surface area contributed by atoms with Crippen LogP contribution in [0.3, 0.4) is 0 Å². The molecular formula is C14H14O3S. The van der Waals surface area contributed by atoms with Crippen LogP contribution >= 0.6 is 11.3 Å². The molecule has 0 aliphatic rings.